The van der Waals surface area contributed by atoms with Crippen LogP contribution in [0.3, 0.4) is 0 Å². The van der Waals surface area contributed by atoms with Gasteiger partial charge < -0.3 is 15.4 Å². The third kappa shape index (κ3) is 6.69. The second-order valence-electron chi connectivity index (χ2n) is 4.84. The molecule has 0 atom stereocenters. The summed E-state index contributed by atoms with van der Waals surface area (Å²) in [5.41, 5.74) is 2.03. The number of nitrogens with one attached hydrogen (secondary N) is 2. The van der Waals surface area contributed by atoms with E-state index in [1.165, 1.54) is 12.1 Å². The standard InChI is InChI=1S/C17H21FN4O.HI/c1-3-23-16-10-14(8-9-20-16)12-22-17(19-2)21-11-13-4-6-15(18)7-5-13;/h4-10H,3,11-12H2,1-2H3,(H2,19,21,22);1H. The molecule has 0 aliphatic heterocycles. The molecule has 0 fully saturated rings. The van der Waals surface area contributed by atoms with E-state index in [-0.39, 0.29) is 29.8 Å². The first kappa shape index (κ1) is 20.1. The number of aromatic nitrogens is 1. The molecule has 5 nitrogen and oxygen atoms in total. The molecule has 0 saturated carbocycles. The first-order valence-electron chi connectivity index (χ1n) is 7.48. The SMILES string of the molecule is CCOc1cc(CNC(=NC)NCc2ccc(F)cc2)ccn1.I. The minimum atomic E-state index is -0.237. The molecule has 0 spiro atoms. The van der Waals surface area contributed by atoms with Crippen molar-refractivity contribution in [1.29, 1.82) is 0 Å². The predicted octanol–water partition coefficient (Wildman–Crippen LogP) is 3.10. The number of rotatable bonds is 6. The lowest BCUT2D eigenvalue weighted by Gasteiger charge is -2.12. The Morgan fingerprint density at radius 2 is 1.79 bits per heavy atom. The van der Waals surface area contributed by atoms with Gasteiger partial charge in [0, 0.05) is 32.4 Å². The van der Waals surface area contributed by atoms with E-state index in [2.05, 4.69) is 20.6 Å². The number of guanidine groups is 1. The molecule has 0 radical (unpaired) electrons. The number of pyridine rings is 1. The van der Waals surface area contributed by atoms with Gasteiger partial charge in [-0.2, -0.15) is 0 Å². The molecule has 0 unspecified atom stereocenters. The van der Waals surface area contributed by atoms with Gasteiger partial charge in [-0.05, 0) is 36.2 Å². The summed E-state index contributed by atoms with van der Waals surface area (Å²) in [4.78, 5) is 8.30. The summed E-state index contributed by atoms with van der Waals surface area (Å²) in [7, 11) is 1.71. The van der Waals surface area contributed by atoms with E-state index in [9.17, 15) is 4.39 Å². The Kier molecular flexibility index (Phi) is 9.06. The molecule has 1 heterocycles. The maximum Gasteiger partial charge on any atom is 0.213 e. The van der Waals surface area contributed by atoms with Crippen molar-refractivity contribution in [2.24, 2.45) is 4.99 Å². The van der Waals surface area contributed by atoms with Gasteiger partial charge in [0.1, 0.15) is 5.82 Å². The van der Waals surface area contributed by atoms with Gasteiger partial charge in [0.05, 0.1) is 6.61 Å². The van der Waals surface area contributed by atoms with E-state index < -0.39 is 0 Å². The topological polar surface area (TPSA) is 58.5 Å². The highest BCUT2D eigenvalue weighted by molar-refractivity contribution is 14.0. The molecule has 0 aliphatic rings. The number of benzene rings is 1. The van der Waals surface area contributed by atoms with Gasteiger partial charge >= 0.3 is 0 Å². The lowest BCUT2D eigenvalue weighted by Crippen LogP contribution is -2.36. The van der Waals surface area contributed by atoms with Crippen molar-refractivity contribution in [2.45, 2.75) is 20.0 Å². The maximum atomic E-state index is 12.9. The fourth-order valence-electron chi connectivity index (χ4n) is 1.98. The fourth-order valence-corrected chi connectivity index (χ4v) is 1.98. The third-order valence-electron chi connectivity index (χ3n) is 3.15. The molecular weight excluding hydrogens is 422 g/mol. The van der Waals surface area contributed by atoms with Gasteiger partial charge in [0.15, 0.2) is 5.96 Å². The molecule has 0 bridgehead atoms. The van der Waals surface area contributed by atoms with Crippen LogP contribution in [0.4, 0.5) is 4.39 Å². The van der Waals surface area contributed by atoms with Crippen LogP contribution in [0.5, 0.6) is 5.88 Å². The zero-order chi connectivity index (χ0) is 16.5. The van der Waals surface area contributed by atoms with Crippen LogP contribution < -0.4 is 15.4 Å². The van der Waals surface area contributed by atoms with Crippen molar-refractivity contribution in [3.05, 3.63) is 59.5 Å². The van der Waals surface area contributed by atoms with E-state index in [1.54, 1.807) is 25.4 Å². The van der Waals surface area contributed by atoms with Crippen LogP contribution in [0.25, 0.3) is 0 Å². The molecule has 0 amide bonds. The van der Waals surface area contributed by atoms with Gasteiger partial charge in [-0.25, -0.2) is 9.37 Å². The smallest absolute Gasteiger partial charge is 0.213 e. The number of ether oxygens (including phenoxy) is 1. The number of halogens is 2. The Balaban J connectivity index is 0.00000288. The van der Waals surface area contributed by atoms with Crippen LogP contribution in [0.1, 0.15) is 18.1 Å². The molecule has 2 aromatic rings. The Bertz CT molecular complexity index is 649. The number of hydrogen-bond acceptors (Lipinski definition) is 3. The second-order valence-corrected chi connectivity index (χ2v) is 4.84. The van der Waals surface area contributed by atoms with Crippen molar-refractivity contribution in [3.8, 4) is 5.88 Å². The second kappa shape index (κ2) is 10.8. The van der Waals surface area contributed by atoms with Crippen LogP contribution in [-0.4, -0.2) is 24.6 Å². The van der Waals surface area contributed by atoms with Crippen LogP contribution in [0.2, 0.25) is 0 Å². The lowest BCUT2D eigenvalue weighted by molar-refractivity contribution is 0.326. The molecule has 7 heteroatoms. The molecular formula is C17H22FIN4O. The van der Waals surface area contributed by atoms with E-state index in [0.717, 1.165) is 11.1 Å². The zero-order valence-electron chi connectivity index (χ0n) is 13.8. The normalized spacial score (nSPS) is 10.7. The summed E-state index contributed by atoms with van der Waals surface area (Å²) < 4.78 is 18.3. The van der Waals surface area contributed by atoms with Gasteiger partial charge in [0.2, 0.25) is 5.88 Å². The van der Waals surface area contributed by atoms with Crippen molar-refractivity contribution < 1.29 is 9.13 Å². The summed E-state index contributed by atoms with van der Waals surface area (Å²) in [6.07, 6.45) is 1.72. The highest BCUT2D eigenvalue weighted by atomic mass is 127. The zero-order valence-corrected chi connectivity index (χ0v) is 16.1. The quantitative estimate of drug-likeness (QED) is 0.409. The molecule has 0 aliphatic carbocycles. The highest BCUT2D eigenvalue weighted by Gasteiger charge is 2.01. The molecule has 130 valence electrons. The van der Waals surface area contributed by atoms with E-state index in [1.807, 2.05) is 19.1 Å². The van der Waals surface area contributed by atoms with Crippen LogP contribution in [-0.2, 0) is 13.1 Å². The number of hydrogen-bond donors (Lipinski definition) is 2. The summed E-state index contributed by atoms with van der Waals surface area (Å²) in [5.74, 6) is 1.05. The molecule has 0 saturated heterocycles. The van der Waals surface area contributed by atoms with Crippen LogP contribution >= 0.6 is 24.0 Å². The average molecular weight is 444 g/mol. The summed E-state index contributed by atoms with van der Waals surface area (Å²) in [5, 5.41) is 6.40. The first-order valence-corrected chi connectivity index (χ1v) is 7.48. The minimum absolute atomic E-state index is 0. The Morgan fingerprint density at radius 3 is 2.42 bits per heavy atom. The maximum absolute atomic E-state index is 12.9. The number of nitrogens with zero attached hydrogens (tertiary/aromatic N) is 2. The predicted molar refractivity (Wildman–Crippen MR) is 104 cm³/mol. The van der Waals surface area contributed by atoms with Gasteiger partial charge in [-0.3, -0.25) is 4.99 Å². The molecule has 2 N–H and O–H groups in total. The Morgan fingerprint density at radius 1 is 1.12 bits per heavy atom. The summed E-state index contributed by atoms with van der Waals surface area (Å²) in [6, 6.07) is 10.2. The van der Waals surface area contributed by atoms with Gasteiger partial charge in [-0.1, -0.05) is 12.1 Å². The van der Waals surface area contributed by atoms with Crippen molar-refractivity contribution in [3.63, 3.8) is 0 Å². The lowest BCUT2D eigenvalue weighted by atomic mass is 10.2. The minimum Gasteiger partial charge on any atom is -0.478 e. The van der Waals surface area contributed by atoms with Crippen molar-refractivity contribution >= 4 is 29.9 Å². The van der Waals surface area contributed by atoms with Gasteiger partial charge in [0.25, 0.3) is 0 Å². The fraction of sp³-hybridized carbons (Fsp3) is 0.294. The van der Waals surface area contributed by atoms with Crippen molar-refractivity contribution in [2.75, 3.05) is 13.7 Å². The Hall–Kier alpha value is -1.90. The van der Waals surface area contributed by atoms with Gasteiger partial charge in [-0.15, -0.1) is 24.0 Å². The third-order valence-corrected chi connectivity index (χ3v) is 3.15. The van der Waals surface area contributed by atoms with Crippen LogP contribution in [0.15, 0.2) is 47.6 Å². The Labute approximate surface area is 158 Å². The van der Waals surface area contributed by atoms with E-state index >= 15 is 0 Å². The molecule has 2 rings (SSSR count). The van der Waals surface area contributed by atoms with E-state index in [0.29, 0.717) is 31.5 Å². The summed E-state index contributed by atoms with van der Waals surface area (Å²) in [6.45, 7) is 3.69. The largest absolute Gasteiger partial charge is 0.478 e. The first-order chi connectivity index (χ1) is 11.2. The molecule has 1 aromatic heterocycles. The van der Waals surface area contributed by atoms with E-state index in [4.69, 9.17) is 4.74 Å². The molecule has 1 aromatic carbocycles. The van der Waals surface area contributed by atoms with Crippen LogP contribution in [0, 0.1) is 5.82 Å². The monoisotopic (exact) mass is 444 g/mol. The molecule has 24 heavy (non-hydrogen) atoms. The average Bonchev–Trinajstić information content (AvgIpc) is 2.57. The summed E-state index contributed by atoms with van der Waals surface area (Å²) >= 11 is 0. The number of aliphatic imine (C=N–C) groups is 1. The highest BCUT2D eigenvalue weighted by Crippen LogP contribution is 2.09. The van der Waals surface area contributed by atoms with Crippen molar-refractivity contribution in [1.82, 2.24) is 15.6 Å².